The molecule has 1 aromatic heterocycles. The van der Waals surface area contributed by atoms with Gasteiger partial charge < -0.3 is 15.0 Å². The number of carbonyl (C=O) groups is 2. The monoisotopic (exact) mass is 361 g/mol. The van der Waals surface area contributed by atoms with Crippen LogP contribution in [0.3, 0.4) is 0 Å². The van der Waals surface area contributed by atoms with Crippen molar-refractivity contribution in [2.45, 2.75) is 32.7 Å². The van der Waals surface area contributed by atoms with E-state index in [1.165, 1.54) is 11.3 Å². The Morgan fingerprint density at radius 2 is 2.04 bits per heavy atom. The maximum absolute atomic E-state index is 12.7. The van der Waals surface area contributed by atoms with Crippen LogP contribution in [0.25, 0.3) is 0 Å². The van der Waals surface area contributed by atoms with E-state index in [1.54, 1.807) is 23.6 Å². The van der Waals surface area contributed by atoms with Crippen molar-refractivity contribution < 1.29 is 14.3 Å². The van der Waals surface area contributed by atoms with E-state index in [0.29, 0.717) is 5.13 Å². The van der Waals surface area contributed by atoms with Gasteiger partial charge in [0.25, 0.3) is 0 Å². The van der Waals surface area contributed by atoms with Crippen molar-refractivity contribution in [3.05, 3.63) is 41.4 Å². The van der Waals surface area contributed by atoms with Gasteiger partial charge in [-0.05, 0) is 31.0 Å². The van der Waals surface area contributed by atoms with Crippen molar-refractivity contribution in [1.82, 2.24) is 9.88 Å². The SMILES string of the molecule is CCC(C)N(CC(=O)Nc1nccs1)C(=O)Cc1ccc(OC)cc1. The molecule has 134 valence electrons. The Bertz CT molecular complexity index is 686. The molecule has 1 unspecified atom stereocenters. The fourth-order valence-corrected chi connectivity index (χ4v) is 2.87. The summed E-state index contributed by atoms with van der Waals surface area (Å²) in [5.41, 5.74) is 0.888. The van der Waals surface area contributed by atoms with Crippen molar-refractivity contribution in [2.24, 2.45) is 0 Å². The minimum absolute atomic E-state index is 0.0174. The van der Waals surface area contributed by atoms with Crippen LogP contribution in [-0.4, -0.2) is 41.4 Å². The molecule has 1 atom stereocenters. The molecule has 2 rings (SSSR count). The van der Waals surface area contributed by atoms with Gasteiger partial charge in [-0.3, -0.25) is 9.59 Å². The second kappa shape index (κ2) is 9.17. The van der Waals surface area contributed by atoms with Crippen LogP contribution >= 0.6 is 11.3 Å². The van der Waals surface area contributed by atoms with Gasteiger partial charge in [0, 0.05) is 17.6 Å². The van der Waals surface area contributed by atoms with Gasteiger partial charge in [-0.1, -0.05) is 19.1 Å². The highest BCUT2D eigenvalue weighted by Crippen LogP contribution is 2.15. The van der Waals surface area contributed by atoms with Gasteiger partial charge in [0.05, 0.1) is 13.5 Å². The number of hydrogen-bond donors (Lipinski definition) is 1. The van der Waals surface area contributed by atoms with Gasteiger partial charge in [-0.15, -0.1) is 11.3 Å². The van der Waals surface area contributed by atoms with Crippen molar-refractivity contribution in [2.75, 3.05) is 19.0 Å². The predicted molar refractivity (Wildman–Crippen MR) is 98.9 cm³/mol. The normalized spacial score (nSPS) is 11.6. The van der Waals surface area contributed by atoms with Crippen molar-refractivity contribution in [3.8, 4) is 5.75 Å². The summed E-state index contributed by atoms with van der Waals surface area (Å²) in [5.74, 6) is 0.435. The lowest BCUT2D eigenvalue weighted by atomic mass is 10.1. The van der Waals surface area contributed by atoms with Crippen molar-refractivity contribution in [1.29, 1.82) is 0 Å². The fourth-order valence-electron chi connectivity index (χ4n) is 2.33. The lowest BCUT2D eigenvalue weighted by Crippen LogP contribution is -2.44. The quantitative estimate of drug-likeness (QED) is 0.785. The van der Waals surface area contributed by atoms with Crippen LogP contribution in [0.1, 0.15) is 25.8 Å². The standard InChI is InChI=1S/C18H23N3O3S/c1-4-13(2)21(12-16(22)20-18-19-9-10-25-18)17(23)11-14-5-7-15(24-3)8-6-14/h5-10,13H,4,11-12H2,1-3H3,(H,19,20,22). The van der Waals surface area contributed by atoms with Crippen LogP contribution in [0, 0.1) is 0 Å². The maximum Gasteiger partial charge on any atom is 0.245 e. The topological polar surface area (TPSA) is 71.5 Å². The summed E-state index contributed by atoms with van der Waals surface area (Å²) in [5, 5.41) is 5.05. The Balaban J connectivity index is 2.01. The molecule has 1 N–H and O–H groups in total. The van der Waals surface area contributed by atoms with Gasteiger partial charge in [-0.25, -0.2) is 4.98 Å². The summed E-state index contributed by atoms with van der Waals surface area (Å²) in [6.45, 7) is 3.96. The van der Waals surface area contributed by atoms with Crippen LogP contribution < -0.4 is 10.1 Å². The number of hydrogen-bond acceptors (Lipinski definition) is 5. The molecule has 1 aromatic carbocycles. The smallest absolute Gasteiger partial charge is 0.245 e. The predicted octanol–water partition coefficient (Wildman–Crippen LogP) is 2.96. The third-order valence-electron chi connectivity index (χ3n) is 3.95. The van der Waals surface area contributed by atoms with Crippen molar-refractivity contribution >= 4 is 28.3 Å². The Labute approximate surface area is 151 Å². The zero-order valence-electron chi connectivity index (χ0n) is 14.7. The minimum Gasteiger partial charge on any atom is -0.497 e. The third kappa shape index (κ3) is 5.56. The van der Waals surface area contributed by atoms with Crippen LogP contribution in [0.4, 0.5) is 5.13 Å². The highest BCUT2D eigenvalue weighted by molar-refractivity contribution is 7.13. The second-order valence-electron chi connectivity index (χ2n) is 5.69. The van der Waals surface area contributed by atoms with Gasteiger partial charge in [0.2, 0.25) is 11.8 Å². The molecule has 0 bridgehead atoms. The van der Waals surface area contributed by atoms with Crippen LogP contribution in [-0.2, 0) is 16.0 Å². The zero-order chi connectivity index (χ0) is 18.2. The Hall–Kier alpha value is -2.41. The average Bonchev–Trinajstić information content (AvgIpc) is 3.12. The number of anilines is 1. The molecule has 0 radical (unpaired) electrons. The third-order valence-corrected chi connectivity index (χ3v) is 4.64. The highest BCUT2D eigenvalue weighted by atomic mass is 32.1. The molecule has 0 aliphatic rings. The first-order valence-electron chi connectivity index (χ1n) is 8.15. The van der Waals surface area contributed by atoms with E-state index < -0.39 is 0 Å². The summed E-state index contributed by atoms with van der Waals surface area (Å²) in [6.07, 6.45) is 2.65. The number of amides is 2. The molecular formula is C18H23N3O3S. The number of aromatic nitrogens is 1. The van der Waals surface area contributed by atoms with Gasteiger partial charge in [-0.2, -0.15) is 0 Å². The Morgan fingerprint density at radius 3 is 2.60 bits per heavy atom. The summed E-state index contributed by atoms with van der Waals surface area (Å²) >= 11 is 1.35. The van der Waals surface area contributed by atoms with Crippen LogP contribution in [0.2, 0.25) is 0 Å². The first-order valence-corrected chi connectivity index (χ1v) is 9.03. The number of carbonyl (C=O) groups excluding carboxylic acids is 2. The molecule has 25 heavy (non-hydrogen) atoms. The van der Waals surface area contributed by atoms with Crippen molar-refractivity contribution in [3.63, 3.8) is 0 Å². The largest absolute Gasteiger partial charge is 0.497 e. The molecule has 0 saturated carbocycles. The Kier molecular flexibility index (Phi) is 6.94. The number of thiazole rings is 1. The van der Waals surface area contributed by atoms with E-state index >= 15 is 0 Å². The molecule has 0 fully saturated rings. The van der Waals surface area contributed by atoms with E-state index in [2.05, 4.69) is 10.3 Å². The fraction of sp³-hybridized carbons (Fsp3) is 0.389. The summed E-state index contributed by atoms with van der Waals surface area (Å²) in [4.78, 5) is 30.6. The molecule has 0 aliphatic carbocycles. The Morgan fingerprint density at radius 1 is 1.32 bits per heavy atom. The summed E-state index contributed by atoms with van der Waals surface area (Å²) < 4.78 is 5.13. The number of methoxy groups -OCH3 is 1. The van der Waals surface area contributed by atoms with E-state index in [9.17, 15) is 9.59 Å². The highest BCUT2D eigenvalue weighted by Gasteiger charge is 2.22. The molecule has 0 aliphatic heterocycles. The lowest BCUT2D eigenvalue weighted by Gasteiger charge is -2.28. The van der Waals surface area contributed by atoms with Crippen LogP contribution in [0.15, 0.2) is 35.8 Å². The second-order valence-corrected chi connectivity index (χ2v) is 6.58. The van der Waals surface area contributed by atoms with Gasteiger partial charge in [0.15, 0.2) is 5.13 Å². The van der Waals surface area contributed by atoms with Crippen LogP contribution in [0.5, 0.6) is 5.75 Å². The van der Waals surface area contributed by atoms with Gasteiger partial charge >= 0.3 is 0 Å². The lowest BCUT2D eigenvalue weighted by molar-refractivity contribution is -0.136. The average molecular weight is 361 g/mol. The number of nitrogens with zero attached hydrogens (tertiary/aromatic N) is 2. The minimum atomic E-state index is -0.238. The van der Waals surface area contributed by atoms with E-state index in [0.717, 1.165) is 17.7 Å². The van der Waals surface area contributed by atoms with E-state index in [-0.39, 0.29) is 30.8 Å². The first-order chi connectivity index (χ1) is 12.0. The van der Waals surface area contributed by atoms with Gasteiger partial charge in [0.1, 0.15) is 12.3 Å². The van der Waals surface area contributed by atoms with E-state index in [1.807, 2.05) is 38.1 Å². The molecule has 2 amide bonds. The number of benzene rings is 1. The zero-order valence-corrected chi connectivity index (χ0v) is 15.5. The number of ether oxygens (including phenoxy) is 1. The molecule has 1 heterocycles. The molecule has 7 heteroatoms. The summed E-state index contributed by atoms with van der Waals surface area (Å²) in [7, 11) is 1.60. The molecule has 6 nitrogen and oxygen atoms in total. The maximum atomic E-state index is 12.7. The molecule has 0 spiro atoms. The molecular weight excluding hydrogens is 338 g/mol. The number of nitrogens with one attached hydrogen (secondary N) is 1. The number of rotatable bonds is 8. The molecule has 2 aromatic rings. The first kappa shape index (κ1) is 18.9. The molecule has 0 saturated heterocycles. The van der Waals surface area contributed by atoms with E-state index in [4.69, 9.17) is 4.74 Å². The summed E-state index contributed by atoms with van der Waals surface area (Å²) in [6, 6.07) is 7.35.